The van der Waals surface area contributed by atoms with Crippen LogP contribution >= 0.6 is 11.6 Å². The molecule has 4 N–H and O–H groups in total. The highest BCUT2D eigenvalue weighted by Gasteiger charge is 2.14. The van der Waals surface area contributed by atoms with Crippen LogP contribution in [0, 0.1) is 20.8 Å². The first-order valence-corrected chi connectivity index (χ1v) is 7.96. The van der Waals surface area contributed by atoms with Crippen molar-refractivity contribution in [3.63, 3.8) is 0 Å². The number of aryl methyl sites for hydroxylation is 2. The van der Waals surface area contributed by atoms with Crippen molar-refractivity contribution in [3.8, 4) is 5.69 Å². The Morgan fingerprint density at radius 1 is 1.08 bits per heavy atom. The fourth-order valence-electron chi connectivity index (χ4n) is 2.85. The first-order chi connectivity index (χ1) is 11.4. The van der Waals surface area contributed by atoms with Crippen LogP contribution in [-0.2, 0) is 0 Å². The number of nitrogens with zero attached hydrogens (tertiary/aromatic N) is 1. The lowest BCUT2D eigenvalue weighted by Crippen LogP contribution is -2.17. The fraction of sp³-hybridized carbons (Fsp3) is 0.167. The smallest absolute Gasteiger partial charge is 0.273 e. The Kier molecular flexibility index (Phi) is 4.11. The van der Waals surface area contributed by atoms with Gasteiger partial charge in [-0.1, -0.05) is 17.7 Å². The number of aromatic nitrogens is 2. The van der Waals surface area contributed by atoms with Crippen LogP contribution in [0.3, 0.4) is 0 Å². The van der Waals surface area contributed by atoms with Gasteiger partial charge in [-0.25, -0.2) is 4.68 Å². The van der Waals surface area contributed by atoms with Crippen LogP contribution in [-0.4, -0.2) is 9.78 Å². The van der Waals surface area contributed by atoms with Crippen LogP contribution in [0.15, 0.2) is 41.2 Å². The summed E-state index contributed by atoms with van der Waals surface area (Å²) in [5.41, 5.74) is 11.2. The molecule has 6 heteroatoms. The zero-order valence-electron chi connectivity index (χ0n) is 13.8. The highest BCUT2D eigenvalue weighted by molar-refractivity contribution is 6.30. The number of halogens is 1. The maximum Gasteiger partial charge on any atom is 0.273 e. The predicted octanol–water partition coefficient (Wildman–Crippen LogP) is 4.07. The van der Waals surface area contributed by atoms with Gasteiger partial charge in [0.05, 0.1) is 5.69 Å². The molecule has 0 radical (unpaired) electrons. The molecule has 0 amide bonds. The van der Waals surface area contributed by atoms with Gasteiger partial charge in [-0.3, -0.25) is 9.89 Å². The molecule has 24 heavy (non-hydrogen) atoms. The molecule has 0 aliphatic rings. The Balaban J connectivity index is 2.03. The van der Waals surface area contributed by atoms with Gasteiger partial charge in [0, 0.05) is 22.5 Å². The topological polar surface area (TPSA) is 75.8 Å². The Labute approximate surface area is 145 Å². The molecule has 1 aromatic heterocycles. The summed E-state index contributed by atoms with van der Waals surface area (Å²) in [7, 11) is 0. The number of hydrogen-bond acceptors (Lipinski definition) is 3. The lowest BCUT2D eigenvalue weighted by atomic mass is 10.0. The van der Waals surface area contributed by atoms with Crippen molar-refractivity contribution in [2.24, 2.45) is 0 Å². The van der Waals surface area contributed by atoms with Gasteiger partial charge in [0.2, 0.25) is 0 Å². The summed E-state index contributed by atoms with van der Waals surface area (Å²) in [5, 5.41) is 6.91. The van der Waals surface area contributed by atoms with E-state index in [4.69, 9.17) is 17.3 Å². The molecule has 0 fully saturated rings. The van der Waals surface area contributed by atoms with E-state index in [0.29, 0.717) is 16.5 Å². The third-order valence-electron chi connectivity index (χ3n) is 4.06. The van der Waals surface area contributed by atoms with E-state index in [0.717, 1.165) is 28.1 Å². The molecule has 0 aliphatic heterocycles. The van der Waals surface area contributed by atoms with Gasteiger partial charge in [0.15, 0.2) is 0 Å². The van der Waals surface area contributed by atoms with E-state index < -0.39 is 0 Å². The maximum atomic E-state index is 12.4. The van der Waals surface area contributed by atoms with Gasteiger partial charge in [0.1, 0.15) is 5.82 Å². The van der Waals surface area contributed by atoms with Crippen LogP contribution in [0.2, 0.25) is 5.02 Å². The molecule has 3 aromatic rings. The van der Waals surface area contributed by atoms with Crippen molar-refractivity contribution in [3.05, 3.63) is 68.5 Å². The molecule has 0 spiro atoms. The van der Waals surface area contributed by atoms with E-state index in [1.807, 2.05) is 39.0 Å². The maximum absolute atomic E-state index is 12.4. The number of benzene rings is 2. The van der Waals surface area contributed by atoms with Crippen LogP contribution in [0.4, 0.5) is 17.2 Å². The van der Waals surface area contributed by atoms with E-state index in [1.54, 1.807) is 12.1 Å². The highest BCUT2D eigenvalue weighted by atomic mass is 35.5. The zero-order chi connectivity index (χ0) is 17.4. The molecule has 1 heterocycles. The molecule has 0 aliphatic carbocycles. The number of nitrogens with two attached hydrogens (primary N) is 1. The largest absolute Gasteiger partial charge is 0.398 e. The Morgan fingerprint density at radius 2 is 1.75 bits per heavy atom. The van der Waals surface area contributed by atoms with Crippen LogP contribution in [0.5, 0.6) is 0 Å². The molecule has 5 nitrogen and oxygen atoms in total. The van der Waals surface area contributed by atoms with E-state index in [9.17, 15) is 4.79 Å². The predicted molar refractivity (Wildman–Crippen MR) is 99.7 cm³/mol. The van der Waals surface area contributed by atoms with Crippen LogP contribution in [0.25, 0.3) is 5.69 Å². The number of rotatable bonds is 3. The van der Waals surface area contributed by atoms with Crippen molar-refractivity contribution >= 4 is 28.8 Å². The van der Waals surface area contributed by atoms with Crippen LogP contribution in [0.1, 0.15) is 16.7 Å². The van der Waals surface area contributed by atoms with Gasteiger partial charge in [0.25, 0.3) is 5.56 Å². The summed E-state index contributed by atoms with van der Waals surface area (Å²) in [5.74, 6) is 0.597. The molecule has 3 rings (SSSR count). The third-order valence-corrected chi connectivity index (χ3v) is 4.31. The minimum atomic E-state index is -0.152. The number of nitrogens with one attached hydrogen (secondary N) is 2. The average Bonchev–Trinajstić information content (AvgIpc) is 2.88. The summed E-state index contributed by atoms with van der Waals surface area (Å²) in [4.78, 5) is 12.4. The molecule has 0 bridgehead atoms. The number of anilines is 3. The van der Waals surface area contributed by atoms with E-state index in [-0.39, 0.29) is 5.56 Å². The summed E-state index contributed by atoms with van der Waals surface area (Å²) < 4.78 is 1.51. The lowest BCUT2D eigenvalue weighted by molar-refractivity contribution is 0.838. The molecule has 0 saturated heterocycles. The van der Waals surface area contributed by atoms with Gasteiger partial charge in [-0.15, -0.1) is 0 Å². The Bertz CT molecular complexity index is 954. The molecular formula is C18H19ClN4O. The van der Waals surface area contributed by atoms with Crippen molar-refractivity contribution in [1.82, 2.24) is 9.78 Å². The average molecular weight is 343 g/mol. The minimum Gasteiger partial charge on any atom is -0.398 e. The third kappa shape index (κ3) is 2.90. The number of hydrogen-bond donors (Lipinski definition) is 3. The second-order valence-corrected chi connectivity index (χ2v) is 6.31. The fourth-order valence-corrected chi connectivity index (χ4v) is 2.97. The number of H-pyrrole nitrogens is 1. The van der Waals surface area contributed by atoms with Crippen molar-refractivity contribution in [2.45, 2.75) is 20.8 Å². The van der Waals surface area contributed by atoms with E-state index >= 15 is 0 Å². The molecule has 124 valence electrons. The van der Waals surface area contributed by atoms with E-state index in [2.05, 4.69) is 10.4 Å². The summed E-state index contributed by atoms with van der Waals surface area (Å²) in [6.07, 6.45) is 0. The first-order valence-electron chi connectivity index (χ1n) is 7.58. The Hall–Kier alpha value is -2.66. The number of aromatic amines is 1. The zero-order valence-corrected chi connectivity index (χ0v) is 14.5. The van der Waals surface area contributed by atoms with Gasteiger partial charge >= 0.3 is 0 Å². The number of nitrogen functional groups attached to an aromatic ring is 1. The molecule has 2 aromatic carbocycles. The lowest BCUT2D eigenvalue weighted by Gasteiger charge is -2.14. The van der Waals surface area contributed by atoms with Gasteiger partial charge in [-0.2, -0.15) is 0 Å². The quantitative estimate of drug-likeness (QED) is 0.628. The molecular weight excluding hydrogens is 324 g/mol. The van der Waals surface area contributed by atoms with Gasteiger partial charge in [-0.05, 0) is 61.7 Å². The highest BCUT2D eigenvalue weighted by Crippen LogP contribution is 2.27. The molecule has 0 atom stereocenters. The van der Waals surface area contributed by atoms with Gasteiger partial charge < -0.3 is 11.1 Å². The van der Waals surface area contributed by atoms with E-state index in [1.165, 1.54) is 10.7 Å². The summed E-state index contributed by atoms with van der Waals surface area (Å²) in [6.45, 7) is 5.85. The second kappa shape index (κ2) is 6.09. The standard InChI is InChI=1S/C18H19ClN4O/c1-10-8-11(2)18(12(3)17(10)20)23-16(24)9-15(22-23)21-14-6-4-13(19)5-7-14/h4-9,21-22H,20H2,1-3H3. The Morgan fingerprint density at radius 3 is 2.42 bits per heavy atom. The van der Waals surface area contributed by atoms with Crippen molar-refractivity contribution in [1.29, 1.82) is 0 Å². The SMILES string of the molecule is Cc1cc(C)c(-n2[nH]c(Nc3ccc(Cl)cc3)cc2=O)c(C)c1N. The normalized spacial score (nSPS) is 10.8. The molecule has 0 saturated carbocycles. The minimum absolute atomic E-state index is 0.152. The second-order valence-electron chi connectivity index (χ2n) is 5.87. The van der Waals surface area contributed by atoms with Crippen molar-refractivity contribution in [2.75, 3.05) is 11.1 Å². The first kappa shape index (κ1) is 16.2. The van der Waals surface area contributed by atoms with Crippen molar-refractivity contribution < 1.29 is 0 Å². The molecule has 0 unspecified atom stereocenters. The monoisotopic (exact) mass is 342 g/mol. The summed E-state index contributed by atoms with van der Waals surface area (Å²) >= 11 is 5.88. The van der Waals surface area contributed by atoms with Crippen LogP contribution < -0.4 is 16.6 Å². The summed E-state index contributed by atoms with van der Waals surface area (Å²) in [6, 6.07) is 10.8.